The van der Waals surface area contributed by atoms with Crippen LogP contribution in [-0.2, 0) is 23.6 Å². The Morgan fingerprint density at radius 1 is 1.12 bits per heavy atom. The minimum absolute atomic E-state index is 0.0896. The van der Waals surface area contributed by atoms with Crippen LogP contribution in [0.5, 0.6) is 17.2 Å². The molecule has 0 amide bonds. The van der Waals surface area contributed by atoms with E-state index in [-0.39, 0.29) is 20.1 Å². The van der Waals surface area contributed by atoms with Gasteiger partial charge in [-0.1, -0.05) is 14.6 Å². The molecule has 2 aromatic rings. The van der Waals surface area contributed by atoms with Crippen molar-refractivity contribution in [2.24, 2.45) is 0 Å². The maximum atomic E-state index is 13.5. The number of rotatable bonds is 6. The minimum atomic E-state index is -0.556. The van der Waals surface area contributed by atoms with E-state index in [4.69, 9.17) is 28.1 Å². The van der Waals surface area contributed by atoms with Gasteiger partial charge in [-0.15, -0.1) is 0 Å². The molecule has 1 unspecified atom stereocenters. The summed E-state index contributed by atoms with van der Waals surface area (Å²) < 4.78 is 24.0. The Hall–Kier alpha value is -0.546. The third-order valence-electron chi connectivity index (χ3n) is 3.33. The van der Waals surface area contributed by atoms with E-state index < -0.39 is 17.0 Å². The fourth-order valence-corrected chi connectivity index (χ4v) is 3.48. The van der Waals surface area contributed by atoms with Crippen LogP contribution in [0.15, 0.2) is 30.3 Å². The first-order valence-electron chi connectivity index (χ1n) is 7.47. The van der Waals surface area contributed by atoms with Crippen molar-refractivity contribution in [3.8, 4) is 17.2 Å². The first kappa shape index (κ1) is 23.5. The van der Waals surface area contributed by atoms with E-state index in [1.807, 2.05) is 19.0 Å². The molecule has 0 aromatic heterocycles. The Morgan fingerprint density at radius 3 is 2.31 bits per heavy atom. The van der Waals surface area contributed by atoms with Crippen LogP contribution >= 0.6 is 27.2 Å². The van der Waals surface area contributed by atoms with Gasteiger partial charge in [-0.05, 0) is 43.2 Å². The molecule has 9 heteroatoms. The van der Waals surface area contributed by atoms with Crippen molar-refractivity contribution in [2.75, 3.05) is 28.3 Å². The summed E-state index contributed by atoms with van der Waals surface area (Å²) in [5.74, 6) is 0.802. The van der Waals surface area contributed by atoms with Crippen LogP contribution in [0, 0.1) is 5.82 Å². The van der Waals surface area contributed by atoms with Crippen molar-refractivity contribution in [3.05, 3.63) is 41.7 Å². The predicted octanol–water partition coefficient (Wildman–Crippen LogP) is 3.62. The monoisotopic (exact) mass is 455 g/mol. The van der Waals surface area contributed by atoms with E-state index in [0.29, 0.717) is 23.3 Å². The molecule has 142 valence electrons. The standard InChI is InChI=1S/C17H21FNO3P.2ClH.Ti/c1-19(2)10-11-7-12(18)5-6-15(11)23-16-9-13(21-3)8-14(22-4)17(16)20;;;/h5-9,20,23H,10H2,1-4H3;2*1H;/q;;;+2/p-2. The molecule has 0 fully saturated rings. The van der Waals surface area contributed by atoms with Crippen LogP contribution in [0.3, 0.4) is 0 Å². The van der Waals surface area contributed by atoms with Gasteiger partial charge in [0.15, 0.2) is 11.5 Å². The number of benzene rings is 2. The molecule has 0 aliphatic rings. The van der Waals surface area contributed by atoms with Gasteiger partial charge in [0.25, 0.3) is 0 Å². The fourth-order valence-electron chi connectivity index (χ4n) is 2.25. The maximum absolute atomic E-state index is 13.5. The fraction of sp³-hybridized carbons (Fsp3) is 0.294. The molecule has 4 nitrogen and oxygen atoms in total. The summed E-state index contributed by atoms with van der Waals surface area (Å²) in [4.78, 5) is 1.98. The third kappa shape index (κ3) is 7.23. The van der Waals surface area contributed by atoms with Crippen molar-refractivity contribution in [2.45, 2.75) is 6.54 Å². The van der Waals surface area contributed by atoms with Gasteiger partial charge in [0, 0.05) is 17.9 Å². The number of hydrogen-bond donors (Lipinski definition) is 1. The van der Waals surface area contributed by atoms with Crippen LogP contribution in [0.25, 0.3) is 0 Å². The molecule has 0 saturated carbocycles. The molecule has 0 spiro atoms. The van der Waals surface area contributed by atoms with Gasteiger partial charge >= 0.3 is 35.6 Å². The Morgan fingerprint density at radius 2 is 1.77 bits per heavy atom. The zero-order valence-corrected chi connectivity index (χ0v) is 19.0. The molecule has 0 bridgehead atoms. The van der Waals surface area contributed by atoms with Crippen molar-refractivity contribution < 1.29 is 36.0 Å². The van der Waals surface area contributed by atoms with Gasteiger partial charge in [0.05, 0.1) is 14.2 Å². The molecule has 1 N–H and O–H groups in total. The molecule has 26 heavy (non-hydrogen) atoms. The molecule has 2 rings (SSSR count). The van der Waals surface area contributed by atoms with E-state index >= 15 is 0 Å². The summed E-state index contributed by atoms with van der Waals surface area (Å²) >= 11 is -0.556. The Labute approximate surface area is 172 Å². The first-order valence-corrected chi connectivity index (χ1v) is 12.8. The van der Waals surface area contributed by atoms with E-state index in [9.17, 15) is 9.50 Å². The number of phenolic OH excluding ortho intramolecular Hbond substituents is 1. The Kier molecular flexibility index (Phi) is 10.9. The van der Waals surface area contributed by atoms with Gasteiger partial charge in [-0.3, -0.25) is 0 Å². The molecule has 2 aromatic carbocycles. The van der Waals surface area contributed by atoms with E-state index in [1.165, 1.54) is 19.2 Å². The summed E-state index contributed by atoms with van der Waals surface area (Å²) in [6.07, 6.45) is 0. The number of nitrogens with zero attached hydrogens (tertiary/aromatic N) is 1. The number of halogens is 3. The molecular formula is C17H21Cl2FNO3PTi. The SMILES string of the molecule is COc1cc(OC)c(O)c(Pc2ccc(F)cc2CN(C)C)c1.[Cl][Ti][Cl]. The molecular weight excluding hydrogens is 435 g/mol. The zero-order valence-electron chi connectivity index (χ0n) is 14.9. The summed E-state index contributed by atoms with van der Waals surface area (Å²) in [7, 11) is 16.9. The van der Waals surface area contributed by atoms with Crippen molar-refractivity contribution in [3.63, 3.8) is 0 Å². The molecule has 0 saturated heterocycles. The van der Waals surface area contributed by atoms with Crippen molar-refractivity contribution >= 4 is 37.8 Å². The second-order valence-electron chi connectivity index (χ2n) is 5.46. The molecule has 0 radical (unpaired) electrons. The quantitative estimate of drug-likeness (QED) is 0.533. The van der Waals surface area contributed by atoms with E-state index in [1.54, 1.807) is 25.3 Å². The average Bonchev–Trinajstić information content (AvgIpc) is 2.59. The van der Waals surface area contributed by atoms with Crippen molar-refractivity contribution in [1.29, 1.82) is 0 Å². The molecule has 0 heterocycles. The van der Waals surface area contributed by atoms with Gasteiger partial charge in [-0.2, -0.15) is 0 Å². The first-order chi connectivity index (χ1) is 12.4. The van der Waals surface area contributed by atoms with Crippen LogP contribution in [0.1, 0.15) is 5.56 Å². The Bertz CT molecular complexity index is 723. The summed E-state index contributed by atoms with van der Waals surface area (Å²) in [6, 6.07) is 8.15. The van der Waals surface area contributed by atoms with Gasteiger partial charge < -0.3 is 19.5 Å². The molecule has 0 aliphatic heterocycles. The molecule has 1 atom stereocenters. The predicted molar refractivity (Wildman–Crippen MR) is 104 cm³/mol. The summed E-state index contributed by atoms with van der Waals surface area (Å²) in [5, 5.41) is 12.0. The second-order valence-corrected chi connectivity index (χ2v) is 9.37. The number of phenols is 1. The zero-order chi connectivity index (χ0) is 19.7. The van der Waals surface area contributed by atoms with Crippen LogP contribution < -0.4 is 20.1 Å². The average molecular weight is 456 g/mol. The third-order valence-corrected chi connectivity index (χ3v) is 4.73. The van der Waals surface area contributed by atoms with Crippen LogP contribution in [0.2, 0.25) is 0 Å². The summed E-state index contributed by atoms with van der Waals surface area (Å²) in [5.41, 5.74) is 0.898. The molecule has 0 aliphatic carbocycles. The normalized spacial score (nSPS) is 10.6. The van der Waals surface area contributed by atoms with Crippen LogP contribution in [0.4, 0.5) is 4.39 Å². The van der Waals surface area contributed by atoms with Crippen LogP contribution in [-0.4, -0.2) is 38.3 Å². The topological polar surface area (TPSA) is 41.9 Å². The van der Waals surface area contributed by atoms with Gasteiger partial charge in [-0.25, -0.2) is 4.39 Å². The number of hydrogen-bond acceptors (Lipinski definition) is 4. The van der Waals surface area contributed by atoms with Gasteiger partial charge in [0.2, 0.25) is 0 Å². The van der Waals surface area contributed by atoms with Crippen molar-refractivity contribution in [1.82, 2.24) is 4.90 Å². The number of aromatic hydroxyl groups is 1. The van der Waals surface area contributed by atoms with Gasteiger partial charge in [0.1, 0.15) is 11.6 Å². The number of ether oxygens (including phenoxy) is 2. The second kappa shape index (κ2) is 12.0. The van der Waals surface area contributed by atoms with E-state index in [2.05, 4.69) is 0 Å². The Balaban J connectivity index is 0.00000105. The number of methoxy groups -OCH3 is 2. The van der Waals surface area contributed by atoms with E-state index in [0.717, 1.165) is 10.9 Å². The summed E-state index contributed by atoms with van der Waals surface area (Å²) in [6.45, 7) is 0.627.